The van der Waals surface area contributed by atoms with Crippen LogP contribution in [0.4, 0.5) is 18.9 Å². The number of aryl methyl sites for hydroxylation is 1. The second kappa shape index (κ2) is 8.71. The largest absolute Gasteiger partial charge is 0.417 e. The lowest BCUT2D eigenvalue weighted by molar-refractivity contribution is -0.137. The Hall–Kier alpha value is -3.06. The van der Waals surface area contributed by atoms with Crippen LogP contribution in [0.2, 0.25) is 0 Å². The molecular weight excluding hydrogens is 435 g/mol. The maximum atomic E-state index is 13.5. The summed E-state index contributed by atoms with van der Waals surface area (Å²) in [5.41, 5.74) is -0.643. The van der Waals surface area contributed by atoms with Gasteiger partial charge in [0.2, 0.25) is 0 Å². The molecule has 1 aromatic heterocycles. The third kappa shape index (κ3) is 4.29. The summed E-state index contributed by atoms with van der Waals surface area (Å²) in [6, 6.07) is 7.17. The van der Waals surface area contributed by atoms with Crippen molar-refractivity contribution in [3.05, 3.63) is 47.3 Å². The minimum atomic E-state index is -4.61. The van der Waals surface area contributed by atoms with Crippen LogP contribution in [0.3, 0.4) is 0 Å². The van der Waals surface area contributed by atoms with Crippen molar-refractivity contribution in [3.63, 3.8) is 0 Å². The van der Waals surface area contributed by atoms with E-state index in [1.165, 1.54) is 6.07 Å². The predicted molar refractivity (Wildman–Crippen MR) is 115 cm³/mol. The Balaban J connectivity index is 1.60. The molecule has 0 saturated carbocycles. The number of nitriles is 1. The van der Waals surface area contributed by atoms with Crippen LogP contribution in [-0.4, -0.2) is 60.0 Å². The number of likely N-dealkylation sites (tertiary alicyclic amines) is 1. The van der Waals surface area contributed by atoms with Crippen molar-refractivity contribution in [2.75, 3.05) is 44.3 Å². The number of alkyl halides is 3. The normalized spacial score (nSPS) is 22.8. The zero-order valence-electron chi connectivity index (χ0n) is 18.6. The van der Waals surface area contributed by atoms with Crippen LogP contribution in [-0.2, 0) is 18.0 Å². The molecule has 2 aliphatic heterocycles. The van der Waals surface area contributed by atoms with Crippen LogP contribution in [0.25, 0.3) is 0 Å². The lowest BCUT2D eigenvalue weighted by Crippen LogP contribution is -2.51. The monoisotopic (exact) mass is 461 g/mol. The zero-order chi connectivity index (χ0) is 23.8. The number of amides is 1. The summed E-state index contributed by atoms with van der Waals surface area (Å²) < 4.78 is 47.9. The van der Waals surface area contributed by atoms with E-state index in [0.29, 0.717) is 57.2 Å². The van der Waals surface area contributed by atoms with Crippen LogP contribution in [0.1, 0.15) is 35.0 Å². The van der Waals surface area contributed by atoms with Crippen LogP contribution >= 0.6 is 0 Å². The number of nitrogens with zero attached hydrogens (tertiary/aromatic N) is 5. The van der Waals surface area contributed by atoms with Crippen molar-refractivity contribution < 1.29 is 22.7 Å². The average Bonchev–Trinajstić information content (AvgIpc) is 3.39. The number of hydrogen-bond acceptors (Lipinski definition) is 5. The van der Waals surface area contributed by atoms with Crippen LogP contribution in [0.15, 0.2) is 30.5 Å². The standard InChI is InChI=1S/C23H26F3N5O2/c1-3-33-15-22-7-9-30(21(32)20-6-8-28-29(20)2)12-17(22)13-31(14-22)18-5-4-16(11-27)19(10-18)23(24,25)26/h4-6,8,10,17H,3,7,9,12-15H2,1-2H3. The predicted octanol–water partition coefficient (Wildman–Crippen LogP) is 3.32. The molecule has 7 nitrogen and oxygen atoms in total. The van der Waals surface area contributed by atoms with E-state index in [-0.39, 0.29) is 22.8 Å². The van der Waals surface area contributed by atoms with Gasteiger partial charge in [-0.05, 0) is 37.6 Å². The van der Waals surface area contributed by atoms with E-state index in [9.17, 15) is 18.0 Å². The number of hydrogen-bond donors (Lipinski definition) is 0. The molecule has 2 fully saturated rings. The summed E-state index contributed by atoms with van der Waals surface area (Å²) in [5.74, 6) is -0.0591. The smallest absolute Gasteiger partial charge is 0.381 e. The van der Waals surface area contributed by atoms with Gasteiger partial charge < -0.3 is 14.5 Å². The summed E-state index contributed by atoms with van der Waals surface area (Å²) in [5, 5.41) is 13.2. The number of carbonyl (C=O) groups is 1. The van der Waals surface area contributed by atoms with Crippen molar-refractivity contribution in [2.24, 2.45) is 18.4 Å². The van der Waals surface area contributed by atoms with Gasteiger partial charge in [0.15, 0.2) is 0 Å². The van der Waals surface area contributed by atoms with Crippen molar-refractivity contribution >= 4 is 11.6 Å². The Bertz CT molecular complexity index is 1080. The van der Waals surface area contributed by atoms with Gasteiger partial charge in [-0.25, -0.2) is 0 Å². The van der Waals surface area contributed by atoms with Gasteiger partial charge in [-0.1, -0.05) is 0 Å². The minimum Gasteiger partial charge on any atom is -0.381 e. The first-order chi connectivity index (χ1) is 15.7. The minimum absolute atomic E-state index is 0.0416. The molecule has 0 spiro atoms. The van der Waals surface area contributed by atoms with Crippen molar-refractivity contribution in [1.82, 2.24) is 14.7 Å². The summed E-state index contributed by atoms with van der Waals surface area (Å²) in [6.45, 7) is 5.02. The molecule has 0 N–H and O–H groups in total. The van der Waals surface area contributed by atoms with Gasteiger partial charge in [-0.2, -0.15) is 23.5 Å². The Labute approximate surface area is 190 Å². The van der Waals surface area contributed by atoms with E-state index in [2.05, 4.69) is 5.10 Å². The van der Waals surface area contributed by atoms with Crippen LogP contribution in [0, 0.1) is 22.7 Å². The number of fused-ring (bicyclic) bond motifs is 1. The SMILES string of the molecule is CCOCC12CCN(C(=O)c3ccnn3C)CC1CN(c1ccc(C#N)c(C(F)(F)F)c1)C2. The molecule has 10 heteroatoms. The van der Waals surface area contributed by atoms with E-state index < -0.39 is 11.7 Å². The van der Waals surface area contributed by atoms with Gasteiger partial charge in [-0.3, -0.25) is 9.48 Å². The van der Waals surface area contributed by atoms with E-state index in [0.717, 1.165) is 6.07 Å². The molecule has 176 valence electrons. The molecule has 33 heavy (non-hydrogen) atoms. The highest BCUT2D eigenvalue weighted by molar-refractivity contribution is 5.92. The van der Waals surface area contributed by atoms with Gasteiger partial charge in [-0.15, -0.1) is 0 Å². The number of carbonyl (C=O) groups excluding carboxylic acids is 1. The number of benzene rings is 1. The van der Waals surface area contributed by atoms with Crippen LogP contribution in [0.5, 0.6) is 0 Å². The van der Waals surface area contributed by atoms with E-state index in [1.54, 1.807) is 41.0 Å². The van der Waals surface area contributed by atoms with Crippen molar-refractivity contribution in [2.45, 2.75) is 19.5 Å². The number of rotatable bonds is 5. The fraction of sp³-hybridized carbons (Fsp3) is 0.522. The molecule has 1 aromatic carbocycles. The summed E-state index contributed by atoms with van der Waals surface area (Å²) in [7, 11) is 1.72. The van der Waals surface area contributed by atoms with E-state index >= 15 is 0 Å². The molecular formula is C23H26F3N5O2. The third-order valence-corrected chi connectivity index (χ3v) is 6.85. The van der Waals surface area contributed by atoms with Gasteiger partial charge in [0.25, 0.3) is 5.91 Å². The number of halogens is 3. The highest BCUT2D eigenvalue weighted by Gasteiger charge is 2.51. The second-order valence-electron chi connectivity index (χ2n) is 8.76. The summed E-state index contributed by atoms with van der Waals surface area (Å²) in [6.07, 6.45) is -2.33. The first-order valence-electron chi connectivity index (χ1n) is 10.9. The first kappa shape index (κ1) is 23.1. The topological polar surface area (TPSA) is 74.4 Å². The Kier molecular flexibility index (Phi) is 6.10. The maximum Gasteiger partial charge on any atom is 0.417 e. The molecule has 2 aliphatic rings. The highest BCUT2D eigenvalue weighted by atomic mass is 19.4. The molecule has 0 bridgehead atoms. The second-order valence-corrected chi connectivity index (χ2v) is 8.76. The van der Waals surface area contributed by atoms with E-state index in [4.69, 9.17) is 10.00 Å². The Morgan fingerprint density at radius 3 is 2.76 bits per heavy atom. The Morgan fingerprint density at radius 1 is 1.33 bits per heavy atom. The first-order valence-corrected chi connectivity index (χ1v) is 10.9. The molecule has 4 rings (SSSR count). The lowest BCUT2D eigenvalue weighted by Gasteiger charge is -2.43. The molecule has 2 unspecified atom stereocenters. The fourth-order valence-corrected chi connectivity index (χ4v) is 5.01. The molecule has 0 radical (unpaired) electrons. The number of piperidine rings is 1. The summed E-state index contributed by atoms with van der Waals surface area (Å²) in [4.78, 5) is 16.8. The molecule has 2 aromatic rings. The van der Waals surface area contributed by atoms with Crippen LogP contribution < -0.4 is 4.90 Å². The van der Waals surface area contributed by atoms with Crippen molar-refractivity contribution in [3.8, 4) is 6.07 Å². The molecule has 3 heterocycles. The van der Waals surface area contributed by atoms with Crippen molar-refractivity contribution in [1.29, 1.82) is 5.26 Å². The number of aromatic nitrogens is 2. The highest BCUT2D eigenvalue weighted by Crippen LogP contribution is 2.45. The number of ether oxygens (including phenoxy) is 1. The average molecular weight is 461 g/mol. The van der Waals surface area contributed by atoms with Gasteiger partial charge in [0.05, 0.1) is 23.8 Å². The van der Waals surface area contributed by atoms with E-state index in [1.807, 2.05) is 11.8 Å². The van der Waals surface area contributed by atoms with Gasteiger partial charge in [0.1, 0.15) is 5.69 Å². The molecule has 0 aliphatic carbocycles. The van der Waals surface area contributed by atoms with Gasteiger partial charge >= 0.3 is 6.18 Å². The summed E-state index contributed by atoms with van der Waals surface area (Å²) >= 11 is 0. The number of anilines is 1. The quantitative estimate of drug-likeness (QED) is 0.683. The maximum absolute atomic E-state index is 13.5. The Morgan fingerprint density at radius 2 is 2.12 bits per heavy atom. The molecule has 2 atom stereocenters. The lowest BCUT2D eigenvalue weighted by atomic mass is 9.73. The molecule has 2 saturated heterocycles. The fourth-order valence-electron chi connectivity index (χ4n) is 5.01. The molecule has 1 amide bonds. The third-order valence-electron chi connectivity index (χ3n) is 6.85. The zero-order valence-corrected chi connectivity index (χ0v) is 18.6. The van der Waals surface area contributed by atoms with Gasteiger partial charge in [0, 0.05) is 63.1 Å².